The molecule has 1 amide bonds. The molecule has 0 spiro atoms. The van der Waals surface area contributed by atoms with Crippen molar-refractivity contribution in [1.82, 2.24) is 0 Å². The van der Waals surface area contributed by atoms with Crippen LogP contribution in [0.15, 0.2) is 66.2 Å². The van der Waals surface area contributed by atoms with E-state index in [4.69, 9.17) is 9.47 Å². The summed E-state index contributed by atoms with van der Waals surface area (Å²) in [6.45, 7) is 0. The highest BCUT2D eigenvalue weighted by Crippen LogP contribution is 2.45. The summed E-state index contributed by atoms with van der Waals surface area (Å²) in [5.41, 5.74) is -0.177. The number of anilines is 1. The molecule has 1 saturated heterocycles. The van der Waals surface area contributed by atoms with Gasteiger partial charge in [0.2, 0.25) is 0 Å². The summed E-state index contributed by atoms with van der Waals surface area (Å²) in [5.74, 6) is -4.91. The van der Waals surface area contributed by atoms with Crippen molar-refractivity contribution in [2.45, 2.75) is 6.04 Å². The van der Waals surface area contributed by atoms with Gasteiger partial charge in [-0.05, 0) is 42.0 Å². The number of phenols is 1. The van der Waals surface area contributed by atoms with Crippen LogP contribution in [-0.4, -0.2) is 36.1 Å². The van der Waals surface area contributed by atoms with E-state index in [0.29, 0.717) is 0 Å². The van der Waals surface area contributed by atoms with Crippen LogP contribution in [0.25, 0.3) is 5.76 Å². The molecule has 3 aromatic rings. The number of aromatic hydroxyl groups is 1. The fourth-order valence-corrected chi connectivity index (χ4v) is 3.96. The highest BCUT2D eigenvalue weighted by Gasteiger charge is 2.47. The van der Waals surface area contributed by atoms with Gasteiger partial charge in [0.15, 0.2) is 11.6 Å². The summed E-state index contributed by atoms with van der Waals surface area (Å²) >= 11 is 0. The van der Waals surface area contributed by atoms with Crippen LogP contribution < -0.4 is 14.4 Å². The quantitative estimate of drug-likeness (QED) is 0.330. The number of rotatable bonds is 5. The lowest BCUT2D eigenvalue weighted by Crippen LogP contribution is -2.29. The molecule has 34 heavy (non-hydrogen) atoms. The van der Waals surface area contributed by atoms with Gasteiger partial charge in [-0.2, -0.15) is 0 Å². The Morgan fingerprint density at radius 2 is 1.56 bits per heavy atom. The van der Waals surface area contributed by atoms with E-state index in [1.165, 1.54) is 50.6 Å². The minimum atomic E-state index is -1.27. The SMILES string of the molecule is COc1cccc(OC)c1/C(O)=C1\C(=O)C(=O)N(c2ccc(F)c(F)c2)C1c1cccc(O)c1. The Morgan fingerprint density at radius 3 is 2.15 bits per heavy atom. The molecule has 2 N–H and O–H groups in total. The van der Waals surface area contributed by atoms with E-state index in [-0.39, 0.29) is 39.6 Å². The number of ether oxygens (including phenoxy) is 2. The zero-order valence-electron chi connectivity index (χ0n) is 18.1. The van der Waals surface area contributed by atoms with Gasteiger partial charge in [-0.1, -0.05) is 18.2 Å². The van der Waals surface area contributed by atoms with Gasteiger partial charge in [-0.3, -0.25) is 14.5 Å². The number of carbonyl (C=O) groups excluding carboxylic acids is 2. The Bertz CT molecular complexity index is 1310. The molecule has 1 heterocycles. The van der Waals surface area contributed by atoms with E-state index in [0.717, 1.165) is 23.1 Å². The molecule has 0 aromatic heterocycles. The van der Waals surface area contributed by atoms with E-state index >= 15 is 0 Å². The number of methoxy groups -OCH3 is 2. The summed E-state index contributed by atoms with van der Waals surface area (Å²) in [6, 6.07) is 11.9. The zero-order chi connectivity index (χ0) is 24.6. The Morgan fingerprint density at radius 1 is 0.912 bits per heavy atom. The Hall–Kier alpha value is -4.40. The molecule has 0 saturated carbocycles. The number of halogens is 2. The second-order valence-corrected chi connectivity index (χ2v) is 7.40. The lowest BCUT2D eigenvalue weighted by atomic mass is 9.94. The first-order valence-corrected chi connectivity index (χ1v) is 10.0. The van der Waals surface area contributed by atoms with Crippen molar-refractivity contribution in [2.75, 3.05) is 19.1 Å². The fourth-order valence-electron chi connectivity index (χ4n) is 3.96. The number of amides is 1. The first kappa shape index (κ1) is 22.8. The number of nitrogens with zero attached hydrogens (tertiary/aromatic N) is 1. The molecule has 3 aromatic carbocycles. The Labute approximate surface area is 193 Å². The second kappa shape index (κ2) is 8.86. The minimum absolute atomic E-state index is 0.0286. The number of carbonyl (C=O) groups is 2. The third-order valence-corrected chi connectivity index (χ3v) is 5.48. The smallest absolute Gasteiger partial charge is 0.300 e. The number of hydrogen-bond donors (Lipinski definition) is 2. The molecule has 0 bridgehead atoms. The average molecular weight is 467 g/mol. The molecule has 1 aliphatic heterocycles. The predicted molar refractivity (Wildman–Crippen MR) is 119 cm³/mol. The van der Waals surface area contributed by atoms with Gasteiger partial charge in [0, 0.05) is 11.8 Å². The summed E-state index contributed by atoms with van der Waals surface area (Å²) in [7, 11) is 2.72. The molecular formula is C25H19F2NO6. The van der Waals surface area contributed by atoms with E-state index in [1.54, 1.807) is 6.07 Å². The molecule has 1 aliphatic rings. The first-order valence-electron chi connectivity index (χ1n) is 10.0. The van der Waals surface area contributed by atoms with Crippen molar-refractivity contribution in [3.05, 3.63) is 89.0 Å². The minimum Gasteiger partial charge on any atom is -0.508 e. The molecular weight excluding hydrogens is 448 g/mol. The summed E-state index contributed by atoms with van der Waals surface area (Å²) in [6.07, 6.45) is 0. The topological polar surface area (TPSA) is 96.3 Å². The first-order chi connectivity index (χ1) is 16.3. The molecule has 4 rings (SSSR count). The molecule has 9 heteroatoms. The third-order valence-electron chi connectivity index (χ3n) is 5.48. The van der Waals surface area contributed by atoms with Crippen LogP contribution in [0.2, 0.25) is 0 Å². The van der Waals surface area contributed by atoms with Gasteiger partial charge in [0.05, 0.1) is 25.8 Å². The van der Waals surface area contributed by atoms with Gasteiger partial charge in [-0.15, -0.1) is 0 Å². The maximum absolute atomic E-state index is 14.0. The zero-order valence-corrected chi connectivity index (χ0v) is 18.1. The van der Waals surface area contributed by atoms with Crippen LogP contribution in [0.1, 0.15) is 17.2 Å². The maximum Gasteiger partial charge on any atom is 0.300 e. The Balaban J connectivity index is 2.03. The highest BCUT2D eigenvalue weighted by atomic mass is 19.2. The highest BCUT2D eigenvalue weighted by molar-refractivity contribution is 6.51. The lowest BCUT2D eigenvalue weighted by Gasteiger charge is -2.26. The maximum atomic E-state index is 14.0. The van der Waals surface area contributed by atoms with E-state index in [1.807, 2.05) is 0 Å². The fraction of sp³-hybridized carbons (Fsp3) is 0.120. The number of hydrogen-bond acceptors (Lipinski definition) is 6. The molecule has 1 unspecified atom stereocenters. The molecule has 7 nitrogen and oxygen atoms in total. The average Bonchev–Trinajstić information content (AvgIpc) is 3.10. The molecule has 1 fully saturated rings. The van der Waals surface area contributed by atoms with Gasteiger partial charge in [-0.25, -0.2) is 8.78 Å². The molecule has 0 radical (unpaired) electrons. The van der Waals surface area contributed by atoms with E-state index < -0.39 is 35.1 Å². The summed E-state index contributed by atoms with van der Waals surface area (Å²) in [5, 5.41) is 21.4. The standard InChI is InChI=1S/C25H19F2NO6/c1-33-18-7-4-8-19(34-2)20(18)23(30)21-22(13-5-3-6-15(29)11-13)28(25(32)24(21)31)14-9-10-16(26)17(27)12-14/h3-12,22,29-30H,1-2H3/b23-21+. The monoisotopic (exact) mass is 467 g/mol. The number of aliphatic hydroxyl groups excluding tert-OH is 1. The van der Waals surface area contributed by atoms with Crippen LogP contribution in [-0.2, 0) is 9.59 Å². The van der Waals surface area contributed by atoms with Crippen molar-refractivity contribution in [1.29, 1.82) is 0 Å². The van der Waals surface area contributed by atoms with Crippen LogP contribution in [0.5, 0.6) is 17.2 Å². The van der Waals surface area contributed by atoms with Crippen molar-refractivity contribution in [3.8, 4) is 17.2 Å². The third kappa shape index (κ3) is 3.71. The van der Waals surface area contributed by atoms with Crippen LogP contribution in [0.4, 0.5) is 14.5 Å². The van der Waals surface area contributed by atoms with Crippen molar-refractivity contribution < 1.29 is 38.1 Å². The lowest BCUT2D eigenvalue weighted by molar-refractivity contribution is -0.132. The van der Waals surface area contributed by atoms with E-state index in [9.17, 15) is 28.6 Å². The Kier molecular flexibility index (Phi) is 5.93. The molecule has 0 aliphatic carbocycles. The van der Waals surface area contributed by atoms with Gasteiger partial charge in [0.1, 0.15) is 28.6 Å². The predicted octanol–water partition coefficient (Wildman–Crippen LogP) is 4.31. The van der Waals surface area contributed by atoms with Crippen molar-refractivity contribution in [3.63, 3.8) is 0 Å². The summed E-state index contributed by atoms with van der Waals surface area (Å²) in [4.78, 5) is 27.3. The molecule has 1 atom stereocenters. The second-order valence-electron chi connectivity index (χ2n) is 7.40. The number of phenolic OH excluding ortho intramolecular Hbond substituents is 1. The van der Waals surface area contributed by atoms with Gasteiger partial charge >= 0.3 is 0 Å². The normalized spacial score (nSPS) is 17.2. The number of ketones is 1. The molecule has 174 valence electrons. The largest absolute Gasteiger partial charge is 0.508 e. The van der Waals surface area contributed by atoms with Crippen LogP contribution in [0, 0.1) is 11.6 Å². The number of aliphatic hydroxyl groups is 1. The van der Waals surface area contributed by atoms with Crippen molar-refractivity contribution in [2.24, 2.45) is 0 Å². The van der Waals surface area contributed by atoms with Crippen LogP contribution in [0.3, 0.4) is 0 Å². The number of benzene rings is 3. The van der Waals surface area contributed by atoms with E-state index in [2.05, 4.69) is 0 Å². The number of Topliss-reactive ketones (excluding diaryl/α,β-unsaturated/α-hetero) is 1. The summed E-state index contributed by atoms with van der Waals surface area (Å²) < 4.78 is 38.2. The van der Waals surface area contributed by atoms with Crippen LogP contribution >= 0.6 is 0 Å². The van der Waals surface area contributed by atoms with Gasteiger partial charge < -0.3 is 19.7 Å². The van der Waals surface area contributed by atoms with Gasteiger partial charge in [0.25, 0.3) is 11.7 Å². The van der Waals surface area contributed by atoms with Crippen molar-refractivity contribution >= 4 is 23.1 Å².